The molecule has 0 atom stereocenters. The number of aromatic carboxylic acids is 1. The van der Waals surface area contributed by atoms with Crippen molar-refractivity contribution >= 4 is 23.4 Å². The molecule has 0 bridgehead atoms. The van der Waals surface area contributed by atoms with Crippen molar-refractivity contribution in [3.8, 4) is 0 Å². The predicted octanol–water partition coefficient (Wildman–Crippen LogP) is 1.28. The molecule has 5 nitrogen and oxygen atoms in total. The Hall–Kier alpha value is -1.49. The summed E-state index contributed by atoms with van der Waals surface area (Å²) >= 11 is 5.53. The maximum absolute atomic E-state index is 10.6. The van der Waals surface area contributed by atoms with Crippen LogP contribution in [0.4, 0.5) is 0 Å². The van der Waals surface area contributed by atoms with E-state index in [0.717, 1.165) is 0 Å². The van der Waals surface area contributed by atoms with Gasteiger partial charge < -0.3 is 9.52 Å². The molecule has 2 aromatic rings. The van der Waals surface area contributed by atoms with Crippen molar-refractivity contribution in [1.82, 2.24) is 9.38 Å². The summed E-state index contributed by atoms with van der Waals surface area (Å²) in [5.74, 6) is -0.952. The van der Waals surface area contributed by atoms with Gasteiger partial charge in [-0.3, -0.25) is 4.40 Å². The Morgan fingerprint density at radius 3 is 3.17 bits per heavy atom. The van der Waals surface area contributed by atoms with Crippen LogP contribution in [0.5, 0.6) is 0 Å². The highest BCUT2D eigenvalue weighted by atomic mass is 35.5. The summed E-state index contributed by atoms with van der Waals surface area (Å²) in [6, 6.07) is 0. The fraction of sp³-hybridized carbons (Fsp3) is 0. The molecule has 2 rings (SSSR count). The van der Waals surface area contributed by atoms with Gasteiger partial charge in [-0.25, -0.2) is 4.79 Å². The molecular weight excluding hydrogens is 184 g/mol. The molecule has 0 radical (unpaired) electrons. The fourth-order valence-corrected chi connectivity index (χ4v) is 1.19. The van der Waals surface area contributed by atoms with E-state index in [4.69, 9.17) is 21.1 Å². The van der Waals surface area contributed by atoms with E-state index in [9.17, 15) is 4.79 Å². The Morgan fingerprint density at radius 2 is 2.50 bits per heavy atom. The minimum absolute atomic E-state index is 0.0677. The Balaban J connectivity index is 2.84. The topological polar surface area (TPSA) is 67.7 Å². The fourth-order valence-electron chi connectivity index (χ4n) is 0.951. The minimum Gasteiger partial charge on any atom is -0.476 e. The zero-order chi connectivity index (χ0) is 8.72. The number of hydrogen-bond acceptors (Lipinski definition) is 3. The quantitative estimate of drug-likeness (QED) is 0.729. The largest absolute Gasteiger partial charge is 0.476 e. The van der Waals surface area contributed by atoms with Gasteiger partial charge in [0, 0.05) is 6.20 Å². The summed E-state index contributed by atoms with van der Waals surface area (Å²) in [5, 5.41) is 8.62. The Bertz CT molecular complexity index is 445. The van der Waals surface area contributed by atoms with Crippen molar-refractivity contribution in [3.05, 3.63) is 23.3 Å². The number of halogens is 1. The molecule has 1 N–H and O–H groups in total. The number of aromatic nitrogens is 2. The first-order valence-corrected chi connectivity index (χ1v) is 3.42. The highest BCUT2D eigenvalue weighted by Gasteiger charge is 2.18. The van der Waals surface area contributed by atoms with Gasteiger partial charge in [0.25, 0.3) is 0 Å². The molecule has 2 aromatic heterocycles. The Labute approximate surface area is 71.2 Å². The molecule has 2 heterocycles. The lowest BCUT2D eigenvalue weighted by atomic mass is 10.5. The van der Waals surface area contributed by atoms with Gasteiger partial charge in [0.05, 0.1) is 0 Å². The summed E-state index contributed by atoms with van der Waals surface area (Å²) in [6.45, 7) is 0. The average molecular weight is 187 g/mol. The van der Waals surface area contributed by atoms with Gasteiger partial charge in [-0.15, -0.1) is 0 Å². The second-order valence-corrected chi connectivity index (χ2v) is 2.47. The van der Waals surface area contributed by atoms with Crippen LogP contribution in [0, 0.1) is 0 Å². The molecule has 0 fully saturated rings. The van der Waals surface area contributed by atoms with Crippen LogP contribution in [-0.2, 0) is 0 Å². The first kappa shape index (κ1) is 7.17. The van der Waals surface area contributed by atoms with Crippen molar-refractivity contribution in [2.24, 2.45) is 0 Å². The van der Waals surface area contributed by atoms with Gasteiger partial charge in [-0.2, -0.15) is 4.98 Å². The predicted molar refractivity (Wildman–Crippen MR) is 39.4 cm³/mol. The summed E-state index contributed by atoms with van der Waals surface area (Å²) < 4.78 is 6.10. The van der Waals surface area contributed by atoms with E-state index in [1.54, 1.807) is 0 Å². The van der Waals surface area contributed by atoms with Crippen molar-refractivity contribution in [1.29, 1.82) is 0 Å². The zero-order valence-electron chi connectivity index (χ0n) is 5.69. The lowest BCUT2D eigenvalue weighted by Crippen LogP contribution is -2.00. The molecule has 0 saturated heterocycles. The normalized spacial score (nSPS) is 10.8. The molecule has 0 amide bonds. The molecule has 0 aromatic carbocycles. The molecule has 12 heavy (non-hydrogen) atoms. The number of carboxylic acid groups (broad SMARTS) is 1. The van der Waals surface area contributed by atoms with Crippen molar-refractivity contribution in [2.75, 3.05) is 0 Å². The number of imidazole rings is 1. The minimum atomic E-state index is -1.13. The Kier molecular flexibility index (Phi) is 1.34. The molecular formula is C6H3ClN2O3. The van der Waals surface area contributed by atoms with Crippen LogP contribution < -0.4 is 0 Å². The number of rotatable bonds is 1. The second kappa shape index (κ2) is 2.25. The molecule has 0 aliphatic carbocycles. The van der Waals surface area contributed by atoms with Gasteiger partial charge in [-0.1, -0.05) is 11.6 Å². The van der Waals surface area contributed by atoms with E-state index in [1.165, 1.54) is 16.9 Å². The van der Waals surface area contributed by atoms with Gasteiger partial charge in [-0.05, 0) is 0 Å². The lowest BCUT2D eigenvalue weighted by molar-refractivity contribution is 0.0689. The maximum atomic E-state index is 10.6. The van der Waals surface area contributed by atoms with E-state index in [0.29, 0.717) is 0 Å². The lowest BCUT2D eigenvalue weighted by Gasteiger charge is -1.88. The molecule has 0 saturated carbocycles. The third-order valence-corrected chi connectivity index (χ3v) is 1.69. The van der Waals surface area contributed by atoms with Crippen LogP contribution in [0.25, 0.3) is 5.84 Å². The smallest absolute Gasteiger partial charge is 0.356 e. The SMILES string of the molecule is O=C(O)c1c(Cl)nc2occn12. The van der Waals surface area contributed by atoms with Crippen molar-refractivity contribution < 1.29 is 14.3 Å². The first-order chi connectivity index (χ1) is 5.70. The van der Waals surface area contributed by atoms with Crippen LogP contribution in [0.3, 0.4) is 0 Å². The van der Waals surface area contributed by atoms with Crippen molar-refractivity contribution in [2.45, 2.75) is 0 Å². The van der Waals surface area contributed by atoms with Crippen LogP contribution in [0.1, 0.15) is 10.5 Å². The monoisotopic (exact) mass is 186 g/mol. The average Bonchev–Trinajstić information content (AvgIpc) is 2.44. The van der Waals surface area contributed by atoms with Crippen molar-refractivity contribution in [3.63, 3.8) is 0 Å². The van der Waals surface area contributed by atoms with E-state index in [2.05, 4.69) is 4.98 Å². The van der Waals surface area contributed by atoms with E-state index >= 15 is 0 Å². The summed E-state index contributed by atoms with van der Waals surface area (Å²) in [6.07, 6.45) is 2.78. The standard InChI is InChI=1S/C6H3ClN2O3/c7-4-3(5(10)11)9-1-2-12-6(9)8-4/h1-2H,(H,10,11). The number of carboxylic acids is 1. The highest BCUT2D eigenvalue weighted by Crippen LogP contribution is 2.17. The van der Waals surface area contributed by atoms with Crippen LogP contribution >= 0.6 is 11.6 Å². The summed E-state index contributed by atoms with van der Waals surface area (Å²) in [4.78, 5) is 14.3. The summed E-state index contributed by atoms with van der Waals surface area (Å²) in [5.41, 5.74) is -0.0829. The zero-order valence-corrected chi connectivity index (χ0v) is 6.45. The van der Waals surface area contributed by atoms with Gasteiger partial charge in [0.1, 0.15) is 6.26 Å². The van der Waals surface area contributed by atoms with Crippen LogP contribution in [-0.4, -0.2) is 20.5 Å². The third kappa shape index (κ3) is 0.799. The summed E-state index contributed by atoms with van der Waals surface area (Å²) in [7, 11) is 0. The van der Waals surface area contributed by atoms with Gasteiger partial charge >= 0.3 is 11.8 Å². The van der Waals surface area contributed by atoms with Gasteiger partial charge in [0.2, 0.25) is 0 Å². The third-order valence-electron chi connectivity index (χ3n) is 1.42. The van der Waals surface area contributed by atoms with E-state index in [1.807, 2.05) is 0 Å². The Morgan fingerprint density at radius 1 is 1.75 bits per heavy atom. The molecule has 0 aliphatic rings. The highest BCUT2D eigenvalue weighted by molar-refractivity contribution is 6.32. The molecule has 0 spiro atoms. The molecule has 6 heteroatoms. The van der Waals surface area contributed by atoms with Crippen LogP contribution in [0.15, 0.2) is 16.9 Å². The molecule has 0 aliphatic heterocycles. The second-order valence-electron chi connectivity index (χ2n) is 2.11. The number of fused-ring (bicyclic) bond motifs is 1. The van der Waals surface area contributed by atoms with Crippen LogP contribution in [0.2, 0.25) is 5.15 Å². The maximum Gasteiger partial charge on any atom is 0.356 e. The molecule has 62 valence electrons. The molecule has 0 unspecified atom stereocenters. The number of oxazole rings is 1. The van der Waals surface area contributed by atoms with E-state index < -0.39 is 5.97 Å². The van der Waals surface area contributed by atoms with Gasteiger partial charge in [0.15, 0.2) is 10.8 Å². The first-order valence-electron chi connectivity index (χ1n) is 3.04. The number of nitrogens with zero attached hydrogens (tertiary/aromatic N) is 2. The number of carbonyl (C=O) groups is 1. The van der Waals surface area contributed by atoms with E-state index in [-0.39, 0.29) is 16.7 Å². The number of hydrogen-bond donors (Lipinski definition) is 1.